The first-order valence-electron chi connectivity index (χ1n) is 14.4. The average Bonchev–Trinajstić information content (AvgIpc) is 3.47. The summed E-state index contributed by atoms with van der Waals surface area (Å²) in [6, 6.07) is 9.41. The molecule has 42 heavy (non-hydrogen) atoms. The molecule has 0 radical (unpaired) electrons. The van der Waals surface area contributed by atoms with E-state index in [1.165, 1.54) is 6.07 Å². The number of hydrogen-bond donors (Lipinski definition) is 1. The molecule has 1 amide bonds. The van der Waals surface area contributed by atoms with Gasteiger partial charge in [-0.05, 0) is 76.1 Å². The van der Waals surface area contributed by atoms with Crippen LogP contribution in [0.5, 0.6) is 11.5 Å². The van der Waals surface area contributed by atoms with Crippen LogP contribution in [0.1, 0.15) is 80.2 Å². The number of pyridine rings is 1. The van der Waals surface area contributed by atoms with Crippen LogP contribution in [0.2, 0.25) is 0 Å². The Balaban J connectivity index is 1.45. The van der Waals surface area contributed by atoms with Crippen LogP contribution in [0.4, 0.5) is 4.79 Å². The lowest BCUT2D eigenvalue weighted by Crippen LogP contribution is -2.32. The van der Waals surface area contributed by atoms with Gasteiger partial charge in [0.05, 0.1) is 32.1 Å². The van der Waals surface area contributed by atoms with Crippen molar-refractivity contribution in [3.8, 4) is 22.8 Å². The SMILES string of the molecule is CCOC(=O)c1cn2c(cc1=O)-c1cc(OC)c(OCCCCCCNC(=O)OC(C)(C)C)cc1CC2c1cccs1. The first-order chi connectivity index (χ1) is 20.1. The van der Waals surface area contributed by atoms with Crippen LogP contribution >= 0.6 is 11.3 Å². The van der Waals surface area contributed by atoms with Crippen molar-refractivity contribution in [3.05, 3.63) is 68.1 Å². The Morgan fingerprint density at radius 1 is 1.10 bits per heavy atom. The Labute approximate surface area is 250 Å². The summed E-state index contributed by atoms with van der Waals surface area (Å²) in [6.45, 7) is 8.55. The highest BCUT2D eigenvalue weighted by molar-refractivity contribution is 7.10. The van der Waals surface area contributed by atoms with Crippen LogP contribution < -0.4 is 20.2 Å². The highest BCUT2D eigenvalue weighted by atomic mass is 32.1. The summed E-state index contributed by atoms with van der Waals surface area (Å²) in [5.41, 5.74) is 1.78. The number of hydrogen-bond acceptors (Lipinski definition) is 8. The Morgan fingerprint density at radius 2 is 1.88 bits per heavy atom. The number of carbonyl (C=O) groups excluding carboxylic acids is 2. The monoisotopic (exact) mass is 596 g/mol. The van der Waals surface area contributed by atoms with Gasteiger partial charge in [-0.1, -0.05) is 18.9 Å². The van der Waals surface area contributed by atoms with Gasteiger partial charge in [0.2, 0.25) is 0 Å². The van der Waals surface area contributed by atoms with Gasteiger partial charge < -0.3 is 28.8 Å². The van der Waals surface area contributed by atoms with Gasteiger partial charge in [-0.2, -0.15) is 0 Å². The van der Waals surface area contributed by atoms with E-state index in [4.69, 9.17) is 18.9 Å². The Kier molecular flexibility index (Phi) is 10.3. The van der Waals surface area contributed by atoms with Crippen molar-refractivity contribution < 1.29 is 28.5 Å². The van der Waals surface area contributed by atoms with Crippen molar-refractivity contribution in [2.45, 2.75) is 71.4 Å². The zero-order valence-electron chi connectivity index (χ0n) is 25.0. The molecule has 0 saturated heterocycles. The van der Waals surface area contributed by atoms with Gasteiger partial charge in [0.1, 0.15) is 11.2 Å². The third kappa shape index (κ3) is 7.73. The lowest BCUT2D eigenvalue weighted by Gasteiger charge is -2.31. The first kappa shape index (κ1) is 31.2. The van der Waals surface area contributed by atoms with Crippen LogP contribution in [-0.4, -0.2) is 49.1 Å². The molecule has 0 saturated carbocycles. The molecule has 1 aliphatic heterocycles. The highest BCUT2D eigenvalue weighted by Crippen LogP contribution is 2.43. The zero-order valence-corrected chi connectivity index (χ0v) is 25.8. The average molecular weight is 597 g/mol. The van der Waals surface area contributed by atoms with Gasteiger partial charge in [0.15, 0.2) is 16.9 Å². The van der Waals surface area contributed by atoms with E-state index in [9.17, 15) is 14.4 Å². The summed E-state index contributed by atoms with van der Waals surface area (Å²) in [4.78, 5) is 38.4. The van der Waals surface area contributed by atoms with E-state index < -0.39 is 17.7 Å². The molecular weight excluding hydrogens is 556 g/mol. The molecule has 1 aromatic carbocycles. The van der Waals surface area contributed by atoms with Crippen molar-refractivity contribution >= 4 is 23.4 Å². The lowest BCUT2D eigenvalue weighted by molar-refractivity contribution is 0.0514. The molecule has 10 heteroatoms. The molecule has 1 aliphatic rings. The second-order valence-electron chi connectivity index (χ2n) is 11.2. The van der Waals surface area contributed by atoms with Crippen LogP contribution in [0.15, 0.2) is 46.7 Å². The molecule has 0 spiro atoms. The molecule has 2 aromatic heterocycles. The Morgan fingerprint density at radius 3 is 2.57 bits per heavy atom. The number of fused-ring (bicyclic) bond motifs is 3. The molecule has 1 unspecified atom stereocenters. The molecule has 9 nitrogen and oxygen atoms in total. The number of nitrogens with zero attached hydrogens (tertiary/aromatic N) is 1. The molecule has 0 bridgehead atoms. The number of alkyl carbamates (subject to hydrolysis) is 1. The van der Waals surface area contributed by atoms with Crippen LogP contribution in [0.25, 0.3) is 11.3 Å². The summed E-state index contributed by atoms with van der Waals surface area (Å²) in [5, 5.41) is 4.81. The molecule has 226 valence electrons. The lowest BCUT2D eigenvalue weighted by atomic mass is 9.91. The maximum Gasteiger partial charge on any atom is 0.407 e. The van der Waals surface area contributed by atoms with E-state index in [2.05, 4.69) is 11.4 Å². The molecule has 3 aromatic rings. The van der Waals surface area contributed by atoms with Crippen molar-refractivity contribution in [2.75, 3.05) is 26.9 Å². The number of rotatable bonds is 12. The van der Waals surface area contributed by atoms with E-state index >= 15 is 0 Å². The van der Waals surface area contributed by atoms with Crippen LogP contribution in [0.3, 0.4) is 0 Å². The second kappa shape index (κ2) is 13.9. The van der Waals surface area contributed by atoms with Gasteiger partial charge in [0, 0.05) is 29.2 Å². The van der Waals surface area contributed by atoms with Gasteiger partial charge in [-0.25, -0.2) is 9.59 Å². The molecule has 1 N–H and O–H groups in total. The van der Waals surface area contributed by atoms with Crippen LogP contribution in [-0.2, 0) is 15.9 Å². The fraction of sp³-hybridized carbons (Fsp3) is 0.469. The van der Waals surface area contributed by atoms with Crippen molar-refractivity contribution in [1.82, 2.24) is 9.88 Å². The van der Waals surface area contributed by atoms with E-state index in [-0.39, 0.29) is 23.6 Å². The quantitative estimate of drug-likeness (QED) is 0.191. The number of carbonyl (C=O) groups is 2. The van der Waals surface area contributed by atoms with E-state index in [0.717, 1.165) is 47.4 Å². The summed E-state index contributed by atoms with van der Waals surface area (Å²) in [7, 11) is 1.60. The van der Waals surface area contributed by atoms with Crippen molar-refractivity contribution in [1.29, 1.82) is 0 Å². The highest BCUT2D eigenvalue weighted by Gasteiger charge is 2.29. The molecule has 0 fully saturated rings. The first-order valence-corrected chi connectivity index (χ1v) is 15.3. The second-order valence-corrected chi connectivity index (χ2v) is 12.1. The standard InChI is InChI=1S/C32H40N2O7S/c1-6-39-30(36)23-20-34-24(19-26(23)35)22-18-27(38-5)28(17-21(22)16-25(34)29-12-11-15-42-29)40-14-10-8-7-9-13-33-31(37)41-32(2,3)4/h11-12,15,17-20,25H,6-10,13-14,16H2,1-5H3,(H,33,37). The predicted octanol–water partition coefficient (Wildman–Crippen LogP) is 6.37. The van der Waals surface area contributed by atoms with E-state index in [1.807, 2.05) is 48.9 Å². The number of aromatic nitrogens is 1. The predicted molar refractivity (Wildman–Crippen MR) is 163 cm³/mol. The van der Waals surface area contributed by atoms with Crippen molar-refractivity contribution in [2.24, 2.45) is 0 Å². The summed E-state index contributed by atoms with van der Waals surface area (Å²) in [6.07, 6.45) is 5.55. The number of methoxy groups -OCH3 is 1. The van der Waals surface area contributed by atoms with Gasteiger partial charge in [0.25, 0.3) is 0 Å². The molecule has 3 heterocycles. The van der Waals surface area contributed by atoms with Gasteiger partial charge in [-0.3, -0.25) is 4.79 Å². The van der Waals surface area contributed by atoms with E-state index in [1.54, 1.807) is 31.6 Å². The minimum absolute atomic E-state index is 0.0261. The largest absolute Gasteiger partial charge is 0.493 e. The maximum atomic E-state index is 13.0. The summed E-state index contributed by atoms with van der Waals surface area (Å²) < 4.78 is 24.2. The normalized spacial score (nSPS) is 14.0. The molecule has 1 atom stereocenters. The Hall–Kier alpha value is -3.79. The smallest absolute Gasteiger partial charge is 0.407 e. The fourth-order valence-electron chi connectivity index (χ4n) is 4.96. The number of thiophene rings is 1. The zero-order chi connectivity index (χ0) is 30.3. The Bertz CT molecular complexity index is 1440. The number of amides is 1. The topological polar surface area (TPSA) is 105 Å². The maximum absolute atomic E-state index is 13.0. The molecule has 0 aliphatic carbocycles. The summed E-state index contributed by atoms with van der Waals surface area (Å²) >= 11 is 1.64. The number of esters is 1. The minimum Gasteiger partial charge on any atom is -0.493 e. The van der Waals surface area contributed by atoms with Gasteiger partial charge in [-0.15, -0.1) is 11.3 Å². The summed E-state index contributed by atoms with van der Waals surface area (Å²) in [5.74, 6) is 0.624. The molecular formula is C32H40N2O7S. The number of ether oxygens (including phenoxy) is 4. The van der Waals surface area contributed by atoms with Crippen molar-refractivity contribution in [3.63, 3.8) is 0 Å². The minimum atomic E-state index is -0.617. The third-order valence-corrected chi connectivity index (χ3v) is 7.83. The molecule has 4 rings (SSSR count). The number of nitrogens with one attached hydrogen (secondary N) is 1. The fourth-order valence-corrected chi connectivity index (χ4v) is 5.79. The number of unbranched alkanes of at least 4 members (excludes halogenated alkanes) is 3. The van der Waals surface area contributed by atoms with Crippen LogP contribution in [0, 0.1) is 0 Å². The third-order valence-electron chi connectivity index (χ3n) is 6.86. The van der Waals surface area contributed by atoms with Gasteiger partial charge >= 0.3 is 12.1 Å². The number of benzene rings is 1. The van der Waals surface area contributed by atoms with E-state index in [0.29, 0.717) is 31.1 Å².